The molecule has 0 saturated carbocycles. The van der Waals surface area contributed by atoms with Crippen LogP contribution >= 0.6 is 11.6 Å². The van der Waals surface area contributed by atoms with Crippen LogP contribution in [0.2, 0.25) is 5.15 Å². The predicted octanol–water partition coefficient (Wildman–Crippen LogP) is 4.38. The zero-order chi connectivity index (χ0) is 24.3. The molecule has 1 aliphatic heterocycles. The van der Waals surface area contributed by atoms with Gasteiger partial charge in [0, 0.05) is 5.92 Å². The highest BCUT2D eigenvalue weighted by Gasteiger charge is 2.34. The summed E-state index contributed by atoms with van der Waals surface area (Å²) in [5.41, 5.74) is 3.27. The van der Waals surface area contributed by atoms with Gasteiger partial charge in [-0.05, 0) is 54.0 Å². The SMILES string of the molecule is CCc1cc2c(nc1Cl)CC(C(C)CC)C(C)C(=O)C(=NCc1ccc(S(N)(=O)=O)cc1)N2. The second kappa shape index (κ2) is 10.3. The number of carbonyl (C=O) groups is 1. The van der Waals surface area contributed by atoms with Gasteiger partial charge in [-0.2, -0.15) is 0 Å². The van der Waals surface area contributed by atoms with E-state index in [2.05, 4.69) is 29.1 Å². The Balaban J connectivity index is 2.00. The Morgan fingerprint density at radius 2 is 1.94 bits per heavy atom. The number of Topliss-reactive ketones (excluding diaryl/α,β-unsaturated/α-hetero) is 1. The minimum atomic E-state index is -3.76. The molecule has 1 aromatic carbocycles. The van der Waals surface area contributed by atoms with Crippen LogP contribution in [-0.4, -0.2) is 25.0 Å². The average molecular weight is 491 g/mol. The van der Waals surface area contributed by atoms with Gasteiger partial charge in [-0.15, -0.1) is 0 Å². The summed E-state index contributed by atoms with van der Waals surface area (Å²) in [5, 5.41) is 8.89. The van der Waals surface area contributed by atoms with E-state index in [0.717, 1.165) is 35.3 Å². The number of primary sulfonamides is 1. The number of pyridine rings is 1. The van der Waals surface area contributed by atoms with E-state index in [1.165, 1.54) is 12.1 Å². The van der Waals surface area contributed by atoms with E-state index in [1.807, 2.05) is 19.9 Å². The number of carbonyl (C=O) groups excluding carboxylic acids is 1. The number of aryl methyl sites for hydroxylation is 1. The molecule has 2 aromatic rings. The van der Waals surface area contributed by atoms with Crippen LogP contribution in [0.5, 0.6) is 0 Å². The number of benzene rings is 1. The van der Waals surface area contributed by atoms with E-state index in [-0.39, 0.29) is 34.9 Å². The number of nitrogens with two attached hydrogens (primary N) is 1. The molecule has 1 aromatic heterocycles. The van der Waals surface area contributed by atoms with Gasteiger partial charge in [0.05, 0.1) is 22.8 Å². The molecule has 9 heteroatoms. The Morgan fingerprint density at radius 1 is 1.27 bits per heavy atom. The van der Waals surface area contributed by atoms with E-state index in [0.29, 0.717) is 17.5 Å². The third-order valence-corrected chi connectivity index (χ3v) is 7.78. The first-order valence-electron chi connectivity index (χ1n) is 11.2. The van der Waals surface area contributed by atoms with Crippen molar-refractivity contribution in [3.8, 4) is 0 Å². The molecule has 178 valence electrons. The monoisotopic (exact) mass is 490 g/mol. The summed E-state index contributed by atoms with van der Waals surface area (Å²) in [6.45, 7) is 8.46. The Kier molecular flexibility index (Phi) is 7.92. The molecule has 0 aliphatic carbocycles. The molecule has 3 rings (SSSR count). The van der Waals surface area contributed by atoms with Crippen LogP contribution in [0.25, 0.3) is 0 Å². The first-order valence-corrected chi connectivity index (χ1v) is 13.1. The topological polar surface area (TPSA) is 115 Å². The molecular weight excluding hydrogens is 460 g/mol. The summed E-state index contributed by atoms with van der Waals surface area (Å²) in [7, 11) is -3.76. The van der Waals surface area contributed by atoms with Gasteiger partial charge in [-0.3, -0.25) is 9.79 Å². The van der Waals surface area contributed by atoms with E-state index >= 15 is 0 Å². The second-order valence-corrected chi connectivity index (χ2v) is 10.6. The lowest BCUT2D eigenvalue weighted by Crippen LogP contribution is -2.38. The van der Waals surface area contributed by atoms with Crippen LogP contribution in [0.4, 0.5) is 5.69 Å². The van der Waals surface area contributed by atoms with Gasteiger partial charge in [-0.25, -0.2) is 18.5 Å². The molecule has 3 N–H and O–H groups in total. The van der Waals surface area contributed by atoms with Crippen LogP contribution in [0, 0.1) is 17.8 Å². The van der Waals surface area contributed by atoms with Crippen molar-refractivity contribution in [3.63, 3.8) is 0 Å². The number of sulfonamides is 1. The Hall–Kier alpha value is -2.29. The zero-order valence-corrected chi connectivity index (χ0v) is 21.0. The molecule has 0 radical (unpaired) electrons. The highest BCUT2D eigenvalue weighted by molar-refractivity contribution is 7.89. The largest absolute Gasteiger partial charge is 0.336 e. The Morgan fingerprint density at radius 3 is 2.52 bits per heavy atom. The molecule has 0 saturated heterocycles. The van der Waals surface area contributed by atoms with Crippen molar-refractivity contribution in [3.05, 3.63) is 52.3 Å². The fourth-order valence-electron chi connectivity index (χ4n) is 4.15. The number of nitrogens with zero attached hydrogens (tertiary/aromatic N) is 2. The molecule has 33 heavy (non-hydrogen) atoms. The van der Waals surface area contributed by atoms with Gasteiger partial charge in [-0.1, -0.05) is 57.8 Å². The lowest BCUT2D eigenvalue weighted by atomic mass is 9.76. The standard InChI is InChI=1S/C24H31ClN4O3S/c1-5-14(3)19-12-21-20(11-17(6-2)23(25)28-21)29-24(22(30)15(19)4)27-13-16-7-9-18(10-8-16)33(26,31)32/h7-11,14-15,19H,5-6,12-13H2,1-4H3,(H,27,29)(H2,26,31,32). The molecular formula is C24H31ClN4O3S. The van der Waals surface area contributed by atoms with Crippen molar-refractivity contribution < 1.29 is 13.2 Å². The van der Waals surface area contributed by atoms with Crippen molar-refractivity contribution in [1.82, 2.24) is 4.98 Å². The number of aromatic nitrogens is 1. The van der Waals surface area contributed by atoms with Crippen molar-refractivity contribution in [1.29, 1.82) is 0 Å². The molecule has 3 atom stereocenters. The summed E-state index contributed by atoms with van der Waals surface area (Å²) in [6.07, 6.45) is 2.34. The molecule has 7 nitrogen and oxygen atoms in total. The minimum Gasteiger partial charge on any atom is -0.336 e. The number of hydrogen-bond acceptors (Lipinski definition) is 5. The Bertz CT molecular complexity index is 1160. The summed E-state index contributed by atoms with van der Waals surface area (Å²) in [5.74, 6) is 0.432. The number of hydrogen-bond donors (Lipinski definition) is 2. The normalized spacial score (nSPS) is 21.2. The lowest BCUT2D eigenvalue weighted by molar-refractivity contribution is -0.118. The molecule has 1 aliphatic rings. The smallest absolute Gasteiger partial charge is 0.238 e. The van der Waals surface area contributed by atoms with Crippen molar-refractivity contribution in [2.75, 3.05) is 5.32 Å². The van der Waals surface area contributed by atoms with Gasteiger partial charge < -0.3 is 5.32 Å². The molecule has 0 spiro atoms. The predicted molar refractivity (Wildman–Crippen MR) is 132 cm³/mol. The quantitative estimate of drug-likeness (QED) is 0.583. The van der Waals surface area contributed by atoms with Crippen LogP contribution in [0.15, 0.2) is 40.2 Å². The number of ketones is 1. The van der Waals surface area contributed by atoms with E-state index < -0.39 is 10.0 Å². The number of rotatable bonds is 6. The first kappa shape index (κ1) is 25.3. The minimum absolute atomic E-state index is 0.0352. The maximum Gasteiger partial charge on any atom is 0.238 e. The fourth-order valence-corrected chi connectivity index (χ4v) is 4.95. The summed E-state index contributed by atoms with van der Waals surface area (Å²) >= 11 is 6.42. The van der Waals surface area contributed by atoms with E-state index in [9.17, 15) is 13.2 Å². The summed E-state index contributed by atoms with van der Waals surface area (Å²) in [6, 6.07) is 8.13. The summed E-state index contributed by atoms with van der Waals surface area (Å²) < 4.78 is 23.0. The number of aliphatic imine (C=N–C) groups is 1. The molecule has 0 fully saturated rings. The first-order chi connectivity index (χ1) is 15.5. The van der Waals surface area contributed by atoms with Crippen molar-refractivity contribution in [2.45, 2.75) is 58.4 Å². The highest BCUT2D eigenvalue weighted by Crippen LogP contribution is 2.34. The lowest BCUT2D eigenvalue weighted by Gasteiger charge is -2.31. The van der Waals surface area contributed by atoms with Gasteiger partial charge >= 0.3 is 0 Å². The van der Waals surface area contributed by atoms with Gasteiger partial charge in [0.15, 0.2) is 5.84 Å². The van der Waals surface area contributed by atoms with Crippen LogP contribution < -0.4 is 10.5 Å². The summed E-state index contributed by atoms with van der Waals surface area (Å²) in [4.78, 5) is 22.7. The third kappa shape index (κ3) is 5.80. The van der Waals surface area contributed by atoms with Gasteiger partial charge in [0.2, 0.25) is 15.8 Å². The zero-order valence-electron chi connectivity index (χ0n) is 19.4. The van der Waals surface area contributed by atoms with Crippen molar-refractivity contribution in [2.24, 2.45) is 27.9 Å². The number of amidine groups is 1. The molecule has 0 bridgehead atoms. The van der Waals surface area contributed by atoms with E-state index in [4.69, 9.17) is 16.7 Å². The number of nitrogens with one attached hydrogen (secondary N) is 1. The molecule has 3 unspecified atom stereocenters. The molecule has 2 heterocycles. The van der Waals surface area contributed by atoms with Gasteiger partial charge in [0.25, 0.3) is 0 Å². The van der Waals surface area contributed by atoms with Crippen LogP contribution in [-0.2, 0) is 34.2 Å². The Labute approximate surface area is 200 Å². The maximum atomic E-state index is 13.4. The fraction of sp³-hybridized carbons (Fsp3) is 0.458. The van der Waals surface area contributed by atoms with Crippen molar-refractivity contribution >= 4 is 38.9 Å². The number of anilines is 1. The van der Waals surface area contributed by atoms with E-state index in [1.54, 1.807) is 12.1 Å². The number of halogens is 1. The maximum absolute atomic E-state index is 13.4. The number of fused-ring (bicyclic) bond motifs is 1. The van der Waals surface area contributed by atoms with Crippen LogP contribution in [0.1, 0.15) is 50.9 Å². The third-order valence-electron chi connectivity index (χ3n) is 6.53. The highest BCUT2D eigenvalue weighted by atomic mass is 35.5. The van der Waals surface area contributed by atoms with Gasteiger partial charge in [0.1, 0.15) is 5.15 Å². The average Bonchev–Trinajstić information content (AvgIpc) is 2.78. The molecule has 0 amide bonds. The van der Waals surface area contributed by atoms with Crippen LogP contribution in [0.3, 0.4) is 0 Å². The second-order valence-electron chi connectivity index (χ2n) is 8.67.